The van der Waals surface area contributed by atoms with Crippen molar-refractivity contribution in [3.05, 3.63) is 65.8 Å². The molecule has 0 aliphatic rings. The van der Waals surface area contributed by atoms with Crippen LogP contribution < -0.4 is 5.73 Å². The first-order valence-electron chi connectivity index (χ1n) is 6.19. The predicted molar refractivity (Wildman–Crippen MR) is 82.3 cm³/mol. The van der Waals surface area contributed by atoms with Crippen LogP contribution in [-0.2, 0) is 0 Å². The summed E-state index contributed by atoms with van der Waals surface area (Å²) >= 11 is 6.17. The normalized spacial score (nSPS) is 10.4. The Hall–Kier alpha value is -2.39. The Balaban J connectivity index is 2.19. The van der Waals surface area contributed by atoms with Crippen LogP contribution in [0.4, 0.5) is 5.82 Å². The fourth-order valence-corrected chi connectivity index (χ4v) is 2.26. The van der Waals surface area contributed by atoms with Crippen LogP contribution in [0.1, 0.15) is 0 Å². The van der Waals surface area contributed by atoms with Crippen molar-refractivity contribution in [1.29, 1.82) is 0 Å². The van der Waals surface area contributed by atoms with Gasteiger partial charge in [0.05, 0.1) is 0 Å². The van der Waals surface area contributed by atoms with E-state index in [-0.39, 0.29) is 0 Å². The Kier molecular flexibility index (Phi) is 3.35. The van der Waals surface area contributed by atoms with Gasteiger partial charge >= 0.3 is 0 Å². The zero-order valence-electron chi connectivity index (χ0n) is 10.6. The number of hydrogen-bond donors (Lipinski definition) is 1. The molecule has 98 valence electrons. The molecule has 0 radical (unpaired) electrons. The minimum atomic E-state index is 0.313. The molecule has 4 heteroatoms. The van der Waals surface area contributed by atoms with Crippen LogP contribution in [0.15, 0.2) is 60.7 Å². The van der Waals surface area contributed by atoms with Crippen molar-refractivity contribution in [1.82, 2.24) is 9.97 Å². The van der Waals surface area contributed by atoms with Gasteiger partial charge in [-0.15, -0.1) is 0 Å². The van der Waals surface area contributed by atoms with Crippen LogP contribution in [0, 0.1) is 0 Å². The molecule has 0 bridgehead atoms. The summed E-state index contributed by atoms with van der Waals surface area (Å²) in [5.41, 5.74) is 9.07. The van der Waals surface area contributed by atoms with Crippen molar-refractivity contribution < 1.29 is 0 Å². The molecule has 20 heavy (non-hydrogen) atoms. The van der Waals surface area contributed by atoms with E-state index in [9.17, 15) is 0 Å². The summed E-state index contributed by atoms with van der Waals surface area (Å²) < 4.78 is 0. The number of rotatable bonds is 2. The average molecular weight is 282 g/mol. The highest BCUT2D eigenvalue weighted by Crippen LogP contribution is 2.30. The van der Waals surface area contributed by atoms with Crippen molar-refractivity contribution >= 4 is 17.4 Å². The van der Waals surface area contributed by atoms with Gasteiger partial charge in [-0.1, -0.05) is 72.3 Å². The average Bonchev–Trinajstić information content (AvgIpc) is 2.49. The molecule has 1 heterocycles. The van der Waals surface area contributed by atoms with Gasteiger partial charge in [-0.2, -0.15) is 0 Å². The Labute approximate surface area is 122 Å². The molecule has 1 aromatic heterocycles. The Morgan fingerprint density at radius 3 is 1.75 bits per heavy atom. The molecule has 0 saturated carbocycles. The molecule has 0 aliphatic carbocycles. The zero-order valence-corrected chi connectivity index (χ0v) is 11.4. The number of halogens is 1. The number of nitrogens with two attached hydrogens (primary N) is 1. The lowest BCUT2D eigenvalue weighted by Crippen LogP contribution is -2.00. The largest absolute Gasteiger partial charge is 0.382 e. The first kappa shape index (κ1) is 12.6. The number of hydrogen-bond acceptors (Lipinski definition) is 3. The van der Waals surface area contributed by atoms with Gasteiger partial charge in [-0.05, 0) is 0 Å². The lowest BCUT2D eigenvalue weighted by Gasteiger charge is -2.09. The third-order valence-electron chi connectivity index (χ3n) is 2.97. The van der Waals surface area contributed by atoms with E-state index in [1.54, 1.807) is 0 Å². The van der Waals surface area contributed by atoms with E-state index < -0.39 is 0 Å². The van der Waals surface area contributed by atoms with Gasteiger partial charge < -0.3 is 5.73 Å². The molecule has 0 fully saturated rings. The van der Waals surface area contributed by atoms with Crippen LogP contribution >= 0.6 is 11.6 Å². The third-order valence-corrected chi connectivity index (χ3v) is 3.24. The lowest BCUT2D eigenvalue weighted by molar-refractivity contribution is 1.22. The van der Waals surface area contributed by atoms with E-state index in [4.69, 9.17) is 17.3 Å². The number of anilines is 1. The number of aromatic nitrogens is 2. The van der Waals surface area contributed by atoms with E-state index in [0.717, 1.165) is 11.1 Å². The van der Waals surface area contributed by atoms with Crippen molar-refractivity contribution in [3.63, 3.8) is 0 Å². The first-order valence-corrected chi connectivity index (χ1v) is 6.57. The number of benzene rings is 2. The van der Waals surface area contributed by atoms with E-state index in [1.165, 1.54) is 0 Å². The first-order chi connectivity index (χ1) is 9.75. The summed E-state index contributed by atoms with van der Waals surface area (Å²) in [6.45, 7) is 0. The van der Waals surface area contributed by atoms with E-state index in [0.29, 0.717) is 22.4 Å². The molecule has 3 aromatic rings. The van der Waals surface area contributed by atoms with E-state index >= 15 is 0 Å². The molecule has 2 N–H and O–H groups in total. The van der Waals surface area contributed by atoms with Gasteiger partial charge in [0.15, 0.2) is 11.0 Å². The standard InChI is InChI=1S/C16H12ClN3/c17-15-13(11-7-3-1-4-8-11)19-14(16(18)20-15)12-9-5-2-6-10-12/h1-10H,(H2,18,20). The summed E-state index contributed by atoms with van der Waals surface area (Å²) in [6, 6.07) is 19.4. The highest BCUT2D eigenvalue weighted by Gasteiger charge is 2.13. The molecule has 3 rings (SSSR count). The van der Waals surface area contributed by atoms with E-state index in [1.807, 2.05) is 60.7 Å². The van der Waals surface area contributed by atoms with E-state index in [2.05, 4.69) is 9.97 Å². The molecule has 0 saturated heterocycles. The Bertz CT molecular complexity index is 667. The monoisotopic (exact) mass is 281 g/mol. The summed E-state index contributed by atoms with van der Waals surface area (Å²) in [7, 11) is 0. The van der Waals surface area contributed by atoms with Gasteiger partial charge in [0.25, 0.3) is 0 Å². The van der Waals surface area contributed by atoms with Crippen LogP contribution in [0.3, 0.4) is 0 Å². The van der Waals surface area contributed by atoms with Gasteiger partial charge in [0.2, 0.25) is 0 Å². The maximum absolute atomic E-state index is 6.17. The van der Waals surface area contributed by atoms with Gasteiger partial charge in [0.1, 0.15) is 11.4 Å². The molecule has 2 aromatic carbocycles. The zero-order chi connectivity index (χ0) is 13.9. The lowest BCUT2D eigenvalue weighted by atomic mass is 10.1. The van der Waals surface area contributed by atoms with Gasteiger partial charge in [-0.3, -0.25) is 0 Å². The summed E-state index contributed by atoms with van der Waals surface area (Å²) in [6.07, 6.45) is 0. The van der Waals surface area contributed by atoms with Crippen molar-refractivity contribution in [3.8, 4) is 22.5 Å². The topological polar surface area (TPSA) is 51.8 Å². The molecule has 0 amide bonds. The van der Waals surface area contributed by atoms with Gasteiger partial charge in [-0.25, -0.2) is 9.97 Å². The smallest absolute Gasteiger partial charge is 0.157 e. The van der Waals surface area contributed by atoms with Crippen molar-refractivity contribution in [2.45, 2.75) is 0 Å². The SMILES string of the molecule is Nc1nc(Cl)c(-c2ccccc2)nc1-c1ccccc1. The molecule has 0 aliphatic heterocycles. The van der Waals surface area contributed by atoms with Gasteiger partial charge in [0, 0.05) is 11.1 Å². The van der Waals surface area contributed by atoms with Crippen molar-refractivity contribution in [2.24, 2.45) is 0 Å². The fraction of sp³-hybridized carbons (Fsp3) is 0. The molecule has 3 nitrogen and oxygen atoms in total. The quantitative estimate of drug-likeness (QED) is 0.771. The molecule has 0 spiro atoms. The fourth-order valence-electron chi connectivity index (χ4n) is 2.01. The maximum atomic E-state index is 6.17. The Morgan fingerprint density at radius 2 is 1.20 bits per heavy atom. The second-order valence-corrected chi connectivity index (χ2v) is 4.69. The minimum absolute atomic E-state index is 0.313. The second kappa shape index (κ2) is 5.31. The van der Waals surface area contributed by atoms with Crippen LogP contribution in [0.2, 0.25) is 5.15 Å². The molecule has 0 atom stereocenters. The number of nitrogens with zero attached hydrogens (tertiary/aromatic N) is 2. The Morgan fingerprint density at radius 1 is 0.700 bits per heavy atom. The maximum Gasteiger partial charge on any atom is 0.157 e. The van der Waals surface area contributed by atoms with Crippen LogP contribution in [0.25, 0.3) is 22.5 Å². The predicted octanol–water partition coefficient (Wildman–Crippen LogP) is 4.05. The third kappa shape index (κ3) is 2.36. The summed E-state index contributed by atoms with van der Waals surface area (Å²) in [5, 5.41) is 0.313. The number of nitrogen functional groups attached to an aromatic ring is 1. The molecule has 0 unspecified atom stereocenters. The summed E-state index contributed by atoms with van der Waals surface area (Å²) in [5.74, 6) is 0.334. The highest BCUT2D eigenvalue weighted by molar-refractivity contribution is 6.32. The van der Waals surface area contributed by atoms with Crippen molar-refractivity contribution in [2.75, 3.05) is 5.73 Å². The molecular weight excluding hydrogens is 270 g/mol. The summed E-state index contributed by atoms with van der Waals surface area (Å²) in [4.78, 5) is 8.80. The van der Waals surface area contributed by atoms with Crippen LogP contribution in [-0.4, -0.2) is 9.97 Å². The highest BCUT2D eigenvalue weighted by atomic mass is 35.5. The molecular formula is C16H12ClN3. The second-order valence-electron chi connectivity index (χ2n) is 4.33. The minimum Gasteiger partial charge on any atom is -0.382 e. The van der Waals surface area contributed by atoms with Crippen LogP contribution in [0.5, 0.6) is 0 Å².